The summed E-state index contributed by atoms with van der Waals surface area (Å²) >= 11 is 11.5. The summed E-state index contributed by atoms with van der Waals surface area (Å²) in [7, 11) is 0. The first-order chi connectivity index (χ1) is 13.8. The van der Waals surface area contributed by atoms with Crippen molar-refractivity contribution >= 4 is 46.3 Å². The van der Waals surface area contributed by atoms with Gasteiger partial charge in [0.25, 0.3) is 5.69 Å². The van der Waals surface area contributed by atoms with Crippen molar-refractivity contribution in [2.45, 2.75) is 19.9 Å². The Morgan fingerprint density at radius 1 is 1.28 bits per heavy atom. The lowest BCUT2D eigenvalue weighted by Gasteiger charge is -2.37. The predicted molar refractivity (Wildman–Crippen MR) is 115 cm³/mol. The highest BCUT2D eigenvalue weighted by atomic mass is 35.5. The Balaban J connectivity index is 2.18. The number of halogens is 1. The average molecular weight is 432 g/mol. The fraction of sp³-hybridized carbons (Fsp3) is 0.200. The maximum atomic E-state index is 12.8. The maximum absolute atomic E-state index is 12.8. The van der Waals surface area contributed by atoms with E-state index in [0.29, 0.717) is 27.1 Å². The molecule has 1 aliphatic rings. The highest BCUT2D eigenvalue weighted by Crippen LogP contribution is 2.37. The van der Waals surface area contributed by atoms with Gasteiger partial charge in [0, 0.05) is 22.5 Å². The molecule has 2 aromatic rings. The average Bonchev–Trinajstić information content (AvgIpc) is 2.69. The van der Waals surface area contributed by atoms with Gasteiger partial charge in [0.1, 0.15) is 0 Å². The van der Waals surface area contributed by atoms with E-state index >= 15 is 0 Å². The van der Waals surface area contributed by atoms with Crippen LogP contribution in [0.15, 0.2) is 59.8 Å². The molecule has 0 saturated carbocycles. The van der Waals surface area contributed by atoms with Gasteiger partial charge in [-0.25, -0.2) is 4.79 Å². The zero-order valence-electron chi connectivity index (χ0n) is 15.7. The number of nitrogens with one attached hydrogen (secondary N) is 1. The van der Waals surface area contributed by atoms with Gasteiger partial charge in [-0.1, -0.05) is 23.7 Å². The van der Waals surface area contributed by atoms with Gasteiger partial charge in [0.2, 0.25) is 0 Å². The first kappa shape index (κ1) is 20.8. The maximum Gasteiger partial charge on any atom is 0.338 e. The van der Waals surface area contributed by atoms with Crippen molar-refractivity contribution in [3.8, 4) is 0 Å². The van der Waals surface area contributed by atoms with Crippen LogP contribution in [0.2, 0.25) is 5.02 Å². The third-order valence-corrected chi connectivity index (χ3v) is 5.06. The van der Waals surface area contributed by atoms with Crippen molar-refractivity contribution in [2.75, 3.05) is 11.5 Å². The number of nitro groups is 1. The number of esters is 1. The number of nitrogens with zero attached hydrogens (tertiary/aromatic N) is 2. The second kappa shape index (κ2) is 8.59. The number of hydrogen-bond acceptors (Lipinski definition) is 5. The molecule has 0 spiro atoms. The lowest BCUT2D eigenvalue weighted by molar-refractivity contribution is -0.385. The van der Waals surface area contributed by atoms with Gasteiger partial charge in [-0.15, -0.1) is 0 Å². The van der Waals surface area contributed by atoms with Crippen molar-refractivity contribution in [3.05, 3.63) is 80.5 Å². The fourth-order valence-corrected chi connectivity index (χ4v) is 3.73. The molecule has 150 valence electrons. The molecule has 1 atom stereocenters. The number of anilines is 1. The summed E-state index contributed by atoms with van der Waals surface area (Å²) in [6.07, 6.45) is 0. The van der Waals surface area contributed by atoms with Gasteiger partial charge in [-0.3, -0.25) is 15.0 Å². The van der Waals surface area contributed by atoms with Crippen LogP contribution in [0, 0.1) is 10.1 Å². The van der Waals surface area contributed by atoms with Gasteiger partial charge < -0.3 is 10.1 Å². The van der Waals surface area contributed by atoms with Gasteiger partial charge in [0.05, 0.1) is 28.7 Å². The number of carbonyl (C=O) groups is 1. The first-order valence-electron chi connectivity index (χ1n) is 8.82. The summed E-state index contributed by atoms with van der Waals surface area (Å²) in [6, 6.07) is 12.4. The molecule has 29 heavy (non-hydrogen) atoms. The molecule has 1 N–H and O–H groups in total. The standard InChI is InChI=1S/C20H18ClN3O4S/c1-3-28-19(25)17-12(2)23(14-10-8-13(21)9-11-14)20(29)22-18(17)15-6-4-5-7-16(15)24(26)27/h4-11,18H,3H2,1-2H3,(H,22,29). The summed E-state index contributed by atoms with van der Waals surface area (Å²) in [6.45, 7) is 3.60. The molecular formula is C20H18ClN3O4S. The lowest BCUT2D eigenvalue weighted by Crippen LogP contribution is -2.48. The van der Waals surface area contributed by atoms with Gasteiger partial charge in [0.15, 0.2) is 5.11 Å². The summed E-state index contributed by atoms with van der Waals surface area (Å²) in [5, 5.41) is 15.5. The van der Waals surface area contributed by atoms with E-state index in [4.69, 9.17) is 28.6 Å². The Hall–Kier alpha value is -2.97. The largest absolute Gasteiger partial charge is 0.463 e. The molecule has 0 radical (unpaired) electrons. The smallest absolute Gasteiger partial charge is 0.338 e. The van der Waals surface area contributed by atoms with Crippen molar-refractivity contribution in [1.29, 1.82) is 0 Å². The van der Waals surface area contributed by atoms with Gasteiger partial charge >= 0.3 is 5.97 Å². The number of hydrogen-bond donors (Lipinski definition) is 1. The Morgan fingerprint density at radius 3 is 2.55 bits per heavy atom. The summed E-state index contributed by atoms with van der Waals surface area (Å²) in [4.78, 5) is 25.6. The van der Waals surface area contributed by atoms with Crippen molar-refractivity contribution in [1.82, 2.24) is 5.32 Å². The van der Waals surface area contributed by atoms with Crippen LogP contribution in [-0.4, -0.2) is 22.6 Å². The Bertz CT molecular complexity index is 1010. The SMILES string of the molecule is CCOC(=O)C1=C(C)N(c2ccc(Cl)cc2)C(=S)NC1c1ccccc1[N+](=O)[O-]. The molecule has 0 aromatic heterocycles. The van der Waals surface area contributed by atoms with E-state index in [1.54, 1.807) is 61.2 Å². The normalized spacial score (nSPS) is 16.4. The number of para-hydroxylation sites is 1. The molecule has 0 fully saturated rings. The number of thiocarbonyl (C=S) groups is 1. The fourth-order valence-electron chi connectivity index (χ4n) is 3.25. The molecule has 0 bridgehead atoms. The molecule has 0 aliphatic carbocycles. The van der Waals surface area contributed by atoms with Crippen LogP contribution in [-0.2, 0) is 9.53 Å². The summed E-state index contributed by atoms with van der Waals surface area (Å²) < 4.78 is 5.24. The van der Waals surface area contributed by atoms with E-state index in [0.717, 1.165) is 0 Å². The molecule has 1 unspecified atom stereocenters. The molecule has 1 aliphatic heterocycles. The molecule has 9 heteroatoms. The van der Waals surface area contributed by atoms with E-state index in [1.807, 2.05) is 0 Å². The molecule has 0 saturated heterocycles. The van der Waals surface area contributed by atoms with Crippen LogP contribution >= 0.6 is 23.8 Å². The molecule has 7 nitrogen and oxygen atoms in total. The molecular weight excluding hydrogens is 414 g/mol. The Kier molecular flexibility index (Phi) is 6.14. The first-order valence-corrected chi connectivity index (χ1v) is 9.61. The van der Waals surface area contributed by atoms with Gasteiger partial charge in [-0.2, -0.15) is 0 Å². The van der Waals surface area contributed by atoms with Crippen LogP contribution in [0.4, 0.5) is 11.4 Å². The zero-order chi connectivity index (χ0) is 21.1. The second-order valence-corrected chi connectivity index (χ2v) is 7.05. The monoisotopic (exact) mass is 431 g/mol. The van der Waals surface area contributed by atoms with Crippen molar-refractivity contribution < 1.29 is 14.5 Å². The number of rotatable bonds is 5. The minimum Gasteiger partial charge on any atom is -0.463 e. The van der Waals surface area contributed by atoms with E-state index in [1.165, 1.54) is 6.07 Å². The van der Waals surface area contributed by atoms with Crippen LogP contribution < -0.4 is 10.2 Å². The summed E-state index contributed by atoms with van der Waals surface area (Å²) in [5.41, 5.74) is 1.70. The number of ether oxygens (including phenoxy) is 1. The van der Waals surface area contributed by atoms with Crippen molar-refractivity contribution in [3.63, 3.8) is 0 Å². The van der Waals surface area contributed by atoms with Gasteiger partial charge in [-0.05, 0) is 56.4 Å². The Morgan fingerprint density at radius 2 is 1.93 bits per heavy atom. The number of allylic oxidation sites excluding steroid dienone is 1. The van der Waals surface area contributed by atoms with E-state index in [2.05, 4.69) is 5.32 Å². The van der Waals surface area contributed by atoms with E-state index < -0.39 is 16.9 Å². The minimum atomic E-state index is -0.813. The van der Waals surface area contributed by atoms with Crippen LogP contribution in [0.3, 0.4) is 0 Å². The molecule has 1 heterocycles. The lowest BCUT2D eigenvalue weighted by atomic mass is 9.93. The number of nitro benzene ring substituents is 1. The number of carbonyl (C=O) groups excluding carboxylic acids is 1. The zero-order valence-corrected chi connectivity index (χ0v) is 17.3. The van der Waals surface area contributed by atoms with Crippen LogP contribution in [0.1, 0.15) is 25.5 Å². The van der Waals surface area contributed by atoms with E-state index in [9.17, 15) is 14.9 Å². The predicted octanol–water partition coefficient (Wildman–Crippen LogP) is 4.52. The third-order valence-electron chi connectivity index (χ3n) is 4.51. The van der Waals surface area contributed by atoms with Crippen LogP contribution in [0.5, 0.6) is 0 Å². The summed E-state index contributed by atoms with van der Waals surface area (Å²) in [5.74, 6) is -0.567. The quantitative estimate of drug-likeness (QED) is 0.322. The van der Waals surface area contributed by atoms with Crippen LogP contribution in [0.25, 0.3) is 0 Å². The molecule has 3 rings (SSSR count). The highest BCUT2D eigenvalue weighted by Gasteiger charge is 2.38. The van der Waals surface area contributed by atoms with E-state index in [-0.39, 0.29) is 17.9 Å². The molecule has 2 aromatic carbocycles. The Labute approximate surface area is 178 Å². The minimum absolute atomic E-state index is 0.109. The van der Waals surface area contributed by atoms with Crippen molar-refractivity contribution in [2.24, 2.45) is 0 Å². The number of benzene rings is 2. The topological polar surface area (TPSA) is 84.7 Å². The highest BCUT2D eigenvalue weighted by molar-refractivity contribution is 7.80. The molecule has 0 amide bonds. The second-order valence-electron chi connectivity index (χ2n) is 6.23. The third kappa shape index (κ3) is 4.08.